The molecule has 0 aliphatic rings. The Morgan fingerprint density at radius 1 is 1.14 bits per heavy atom. The molecular formula is C16H16Cl2FNO. The van der Waals surface area contributed by atoms with Gasteiger partial charge in [-0.3, -0.25) is 0 Å². The third kappa shape index (κ3) is 4.02. The maximum absolute atomic E-state index is 13.5. The Kier molecular flexibility index (Phi) is 5.32. The molecule has 0 radical (unpaired) electrons. The van der Waals surface area contributed by atoms with Crippen molar-refractivity contribution in [2.75, 3.05) is 11.9 Å². The number of hydrogen-bond donors (Lipinski definition) is 1. The summed E-state index contributed by atoms with van der Waals surface area (Å²) in [7, 11) is 0. The molecule has 1 unspecified atom stereocenters. The van der Waals surface area contributed by atoms with Crippen molar-refractivity contribution in [1.82, 2.24) is 0 Å². The van der Waals surface area contributed by atoms with Gasteiger partial charge in [-0.05, 0) is 49.7 Å². The second-order valence-electron chi connectivity index (χ2n) is 4.62. The fourth-order valence-electron chi connectivity index (χ4n) is 1.98. The predicted octanol–water partition coefficient (Wildman–Crippen LogP) is 5.70. The van der Waals surface area contributed by atoms with Crippen molar-refractivity contribution in [3.8, 4) is 5.75 Å². The van der Waals surface area contributed by atoms with Crippen LogP contribution in [0.5, 0.6) is 5.75 Å². The standard InChI is InChI=1S/C16H16Cl2FNO/c1-3-21-16-7-5-12(9-14(16)18)20-10(2)11-4-6-13(17)15(19)8-11/h4-10,20H,3H2,1-2H3. The molecule has 2 aromatic carbocycles. The maximum atomic E-state index is 13.5. The molecule has 21 heavy (non-hydrogen) atoms. The van der Waals surface area contributed by atoms with Crippen LogP contribution in [0.25, 0.3) is 0 Å². The van der Waals surface area contributed by atoms with Gasteiger partial charge in [-0.2, -0.15) is 0 Å². The summed E-state index contributed by atoms with van der Waals surface area (Å²) in [5.74, 6) is 0.224. The van der Waals surface area contributed by atoms with Crippen molar-refractivity contribution in [2.45, 2.75) is 19.9 Å². The molecule has 0 aliphatic carbocycles. The highest BCUT2D eigenvalue weighted by Crippen LogP contribution is 2.30. The number of anilines is 1. The highest BCUT2D eigenvalue weighted by molar-refractivity contribution is 6.32. The van der Waals surface area contributed by atoms with E-state index >= 15 is 0 Å². The van der Waals surface area contributed by atoms with Crippen molar-refractivity contribution in [3.63, 3.8) is 0 Å². The molecule has 0 spiro atoms. The van der Waals surface area contributed by atoms with Crippen LogP contribution in [0, 0.1) is 5.82 Å². The fourth-order valence-corrected chi connectivity index (χ4v) is 2.33. The lowest BCUT2D eigenvalue weighted by molar-refractivity contribution is 0.340. The fraction of sp³-hybridized carbons (Fsp3) is 0.250. The zero-order valence-corrected chi connectivity index (χ0v) is 13.3. The third-order valence-electron chi connectivity index (χ3n) is 3.06. The Balaban J connectivity index is 2.13. The molecule has 0 saturated carbocycles. The molecule has 112 valence electrons. The zero-order valence-electron chi connectivity index (χ0n) is 11.8. The molecule has 0 aliphatic heterocycles. The van der Waals surface area contributed by atoms with E-state index < -0.39 is 5.82 Å². The van der Waals surface area contributed by atoms with E-state index in [1.807, 2.05) is 26.0 Å². The molecule has 0 saturated heterocycles. The summed E-state index contributed by atoms with van der Waals surface area (Å²) < 4.78 is 18.9. The van der Waals surface area contributed by atoms with E-state index in [0.717, 1.165) is 11.3 Å². The number of benzene rings is 2. The third-order valence-corrected chi connectivity index (χ3v) is 3.66. The second kappa shape index (κ2) is 7.01. The SMILES string of the molecule is CCOc1ccc(NC(C)c2ccc(Cl)c(F)c2)cc1Cl. The first-order chi connectivity index (χ1) is 10.0. The van der Waals surface area contributed by atoms with Crippen LogP contribution in [0.4, 0.5) is 10.1 Å². The molecule has 2 aromatic rings. The van der Waals surface area contributed by atoms with Crippen molar-refractivity contribution >= 4 is 28.9 Å². The van der Waals surface area contributed by atoms with Gasteiger partial charge in [-0.1, -0.05) is 29.3 Å². The first kappa shape index (κ1) is 15.9. The van der Waals surface area contributed by atoms with Crippen LogP contribution in [0.2, 0.25) is 10.0 Å². The van der Waals surface area contributed by atoms with Gasteiger partial charge in [-0.25, -0.2) is 4.39 Å². The summed E-state index contributed by atoms with van der Waals surface area (Å²) in [6, 6.07) is 10.2. The van der Waals surface area contributed by atoms with Gasteiger partial charge in [0.1, 0.15) is 11.6 Å². The van der Waals surface area contributed by atoms with Gasteiger partial charge in [0.25, 0.3) is 0 Å². The van der Waals surface area contributed by atoms with Gasteiger partial charge >= 0.3 is 0 Å². The Bertz CT molecular complexity index is 634. The van der Waals surface area contributed by atoms with Crippen molar-refractivity contribution in [3.05, 3.63) is 57.8 Å². The first-order valence-electron chi connectivity index (χ1n) is 6.65. The van der Waals surface area contributed by atoms with Crippen LogP contribution < -0.4 is 10.1 Å². The summed E-state index contributed by atoms with van der Waals surface area (Å²) >= 11 is 11.8. The average Bonchev–Trinajstić information content (AvgIpc) is 2.45. The number of halogens is 3. The van der Waals surface area contributed by atoms with Gasteiger partial charge in [0.2, 0.25) is 0 Å². The summed E-state index contributed by atoms with van der Waals surface area (Å²) in [6.07, 6.45) is 0. The minimum absolute atomic E-state index is 0.0780. The molecular weight excluding hydrogens is 312 g/mol. The number of hydrogen-bond acceptors (Lipinski definition) is 2. The highest BCUT2D eigenvalue weighted by Gasteiger charge is 2.10. The van der Waals surface area contributed by atoms with Crippen LogP contribution in [0.15, 0.2) is 36.4 Å². The van der Waals surface area contributed by atoms with E-state index in [2.05, 4.69) is 5.32 Å². The molecule has 1 atom stereocenters. The minimum Gasteiger partial charge on any atom is -0.492 e. The maximum Gasteiger partial charge on any atom is 0.142 e. The molecule has 0 heterocycles. The van der Waals surface area contributed by atoms with E-state index in [9.17, 15) is 4.39 Å². The topological polar surface area (TPSA) is 21.3 Å². The van der Waals surface area contributed by atoms with E-state index in [1.54, 1.807) is 18.2 Å². The van der Waals surface area contributed by atoms with E-state index in [-0.39, 0.29) is 11.1 Å². The molecule has 0 bridgehead atoms. The Morgan fingerprint density at radius 2 is 1.90 bits per heavy atom. The van der Waals surface area contributed by atoms with Gasteiger partial charge in [0.15, 0.2) is 0 Å². The lowest BCUT2D eigenvalue weighted by atomic mass is 10.1. The number of rotatable bonds is 5. The van der Waals surface area contributed by atoms with Crippen molar-refractivity contribution in [1.29, 1.82) is 0 Å². The highest BCUT2D eigenvalue weighted by atomic mass is 35.5. The number of nitrogens with one attached hydrogen (secondary N) is 1. The first-order valence-corrected chi connectivity index (χ1v) is 7.40. The van der Waals surface area contributed by atoms with Gasteiger partial charge in [0, 0.05) is 11.7 Å². The summed E-state index contributed by atoms with van der Waals surface area (Å²) in [5, 5.41) is 3.92. The Labute approximate surface area is 133 Å². The molecule has 2 nitrogen and oxygen atoms in total. The normalized spacial score (nSPS) is 12.0. The summed E-state index contributed by atoms with van der Waals surface area (Å²) in [6.45, 7) is 4.40. The van der Waals surface area contributed by atoms with E-state index in [1.165, 1.54) is 6.07 Å². The minimum atomic E-state index is -0.424. The van der Waals surface area contributed by atoms with Crippen LogP contribution in [0.1, 0.15) is 25.5 Å². The summed E-state index contributed by atoms with van der Waals surface area (Å²) in [4.78, 5) is 0. The zero-order chi connectivity index (χ0) is 15.4. The Hall–Kier alpha value is -1.45. The van der Waals surface area contributed by atoms with E-state index in [4.69, 9.17) is 27.9 Å². The molecule has 0 aromatic heterocycles. The van der Waals surface area contributed by atoms with Gasteiger partial charge < -0.3 is 10.1 Å². The predicted molar refractivity (Wildman–Crippen MR) is 86.1 cm³/mol. The van der Waals surface area contributed by atoms with Gasteiger partial charge in [0.05, 0.1) is 16.7 Å². The quantitative estimate of drug-likeness (QED) is 0.760. The Morgan fingerprint density at radius 3 is 2.52 bits per heavy atom. The lowest BCUT2D eigenvalue weighted by Gasteiger charge is -2.17. The van der Waals surface area contributed by atoms with Gasteiger partial charge in [-0.15, -0.1) is 0 Å². The average molecular weight is 328 g/mol. The molecule has 5 heteroatoms. The molecule has 0 fully saturated rings. The monoisotopic (exact) mass is 327 g/mol. The van der Waals surface area contributed by atoms with Crippen LogP contribution in [-0.4, -0.2) is 6.61 Å². The smallest absolute Gasteiger partial charge is 0.142 e. The summed E-state index contributed by atoms with van der Waals surface area (Å²) in [5.41, 5.74) is 1.65. The van der Waals surface area contributed by atoms with E-state index in [0.29, 0.717) is 17.4 Å². The largest absolute Gasteiger partial charge is 0.492 e. The van der Waals surface area contributed by atoms with Crippen molar-refractivity contribution < 1.29 is 9.13 Å². The molecule has 0 amide bonds. The van der Waals surface area contributed by atoms with Crippen LogP contribution in [-0.2, 0) is 0 Å². The number of ether oxygens (including phenoxy) is 1. The van der Waals surface area contributed by atoms with Crippen LogP contribution >= 0.6 is 23.2 Å². The molecule has 2 rings (SSSR count). The van der Waals surface area contributed by atoms with Crippen LogP contribution in [0.3, 0.4) is 0 Å². The van der Waals surface area contributed by atoms with Crippen molar-refractivity contribution in [2.24, 2.45) is 0 Å². The molecule has 1 N–H and O–H groups in total. The second-order valence-corrected chi connectivity index (χ2v) is 5.43. The lowest BCUT2D eigenvalue weighted by Crippen LogP contribution is -2.07.